The molecule has 0 saturated carbocycles. The number of hydrogen-bond donors (Lipinski definition) is 1. The van der Waals surface area contributed by atoms with Gasteiger partial charge in [0.2, 0.25) is 4.77 Å². The first-order valence-corrected chi connectivity index (χ1v) is 10.9. The van der Waals surface area contributed by atoms with Gasteiger partial charge in [0, 0.05) is 37.7 Å². The summed E-state index contributed by atoms with van der Waals surface area (Å²) >= 11 is 11.6. The van der Waals surface area contributed by atoms with Crippen LogP contribution in [0.15, 0.2) is 18.2 Å². The van der Waals surface area contributed by atoms with Crippen LogP contribution in [0.3, 0.4) is 0 Å². The molecule has 2 aliphatic heterocycles. The fourth-order valence-corrected chi connectivity index (χ4v) is 4.46. The van der Waals surface area contributed by atoms with Crippen LogP contribution in [0.25, 0.3) is 11.4 Å². The van der Waals surface area contributed by atoms with E-state index >= 15 is 0 Å². The summed E-state index contributed by atoms with van der Waals surface area (Å²) in [6.07, 6.45) is 2.43. The van der Waals surface area contributed by atoms with E-state index < -0.39 is 0 Å². The summed E-state index contributed by atoms with van der Waals surface area (Å²) in [4.78, 5) is 9.50. The fraction of sp³-hybridized carbons (Fsp3) is 0.600. The van der Waals surface area contributed by atoms with E-state index in [1.165, 1.54) is 19.4 Å². The molecule has 29 heavy (non-hydrogen) atoms. The molecule has 0 unspecified atom stereocenters. The summed E-state index contributed by atoms with van der Waals surface area (Å²) in [5, 5.41) is 3.96. The Kier molecular flexibility index (Phi) is 6.87. The second kappa shape index (κ2) is 9.57. The first-order valence-electron chi connectivity index (χ1n) is 10.2. The smallest absolute Gasteiger partial charge is 0.217 e. The van der Waals surface area contributed by atoms with Crippen LogP contribution in [0.4, 0.5) is 0 Å². The van der Waals surface area contributed by atoms with E-state index in [4.69, 9.17) is 33.3 Å². The van der Waals surface area contributed by atoms with Crippen molar-refractivity contribution in [3.63, 3.8) is 0 Å². The Bertz CT molecular complexity index is 872. The van der Waals surface area contributed by atoms with E-state index in [1.807, 2.05) is 16.8 Å². The van der Waals surface area contributed by atoms with Gasteiger partial charge in [0.25, 0.3) is 0 Å². The minimum absolute atomic E-state index is 0.539. The van der Waals surface area contributed by atoms with Gasteiger partial charge < -0.3 is 9.47 Å². The zero-order chi connectivity index (χ0) is 20.2. The number of morpholine rings is 1. The Hall–Kier alpha value is -1.45. The number of halogens is 1. The molecule has 4 rings (SSSR count). The topological polar surface area (TPSA) is 58.6 Å². The van der Waals surface area contributed by atoms with Crippen LogP contribution in [-0.2, 0) is 11.4 Å². The van der Waals surface area contributed by atoms with Crippen molar-refractivity contribution >= 4 is 23.8 Å². The molecule has 0 spiro atoms. The van der Waals surface area contributed by atoms with Crippen molar-refractivity contribution in [3.05, 3.63) is 28.0 Å². The zero-order valence-corrected chi connectivity index (χ0v) is 18.3. The van der Waals surface area contributed by atoms with Gasteiger partial charge in [0.15, 0.2) is 5.82 Å². The van der Waals surface area contributed by atoms with E-state index in [0.29, 0.717) is 21.4 Å². The first-order chi connectivity index (χ1) is 14.1. The summed E-state index contributed by atoms with van der Waals surface area (Å²) < 4.78 is 13.4. The van der Waals surface area contributed by atoms with Gasteiger partial charge in [0.05, 0.1) is 32.6 Å². The van der Waals surface area contributed by atoms with Gasteiger partial charge in [-0.05, 0) is 49.2 Å². The molecule has 2 aliphatic rings. The van der Waals surface area contributed by atoms with E-state index in [0.717, 1.165) is 57.5 Å². The highest BCUT2D eigenvalue weighted by atomic mass is 35.5. The Morgan fingerprint density at radius 3 is 2.69 bits per heavy atom. The molecule has 1 aromatic heterocycles. The highest BCUT2D eigenvalue weighted by Crippen LogP contribution is 2.30. The summed E-state index contributed by atoms with van der Waals surface area (Å²) in [5.41, 5.74) is 0.814. The lowest BCUT2D eigenvalue weighted by molar-refractivity contribution is 0.0228. The molecule has 158 valence electrons. The summed E-state index contributed by atoms with van der Waals surface area (Å²) in [6.45, 7) is 7.95. The van der Waals surface area contributed by atoms with Crippen LogP contribution in [-0.4, -0.2) is 77.6 Å². The second-order valence-corrected chi connectivity index (χ2v) is 8.54. The van der Waals surface area contributed by atoms with E-state index in [-0.39, 0.29) is 0 Å². The first kappa shape index (κ1) is 20.8. The maximum absolute atomic E-state index is 6.16. The molecule has 0 bridgehead atoms. The minimum atomic E-state index is 0.539. The quantitative estimate of drug-likeness (QED) is 0.700. The third-order valence-electron chi connectivity index (χ3n) is 5.76. The highest BCUT2D eigenvalue weighted by molar-refractivity contribution is 7.71. The number of benzene rings is 1. The van der Waals surface area contributed by atoms with E-state index in [9.17, 15) is 0 Å². The number of likely N-dealkylation sites (tertiary alicyclic amines) is 1. The second-order valence-electron chi connectivity index (χ2n) is 7.74. The standard InChI is InChI=1S/C20H28ClN5O2S/c1-27-18-3-2-16(21)12-17(18)19-22-20(29)26(23-19)14-25-6-4-15(5-7-25)13-24-8-10-28-11-9-24/h2-3,12,15H,4-11,13-14H2,1H3,(H,22,23,29). The molecule has 2 aromatic rings. The molecule has 7 nitrogen and oxygen atoms in total. The number of nitrogens with zero attached hydrogens (tertiary/aromatic N) is 4. The van der Waals surface area contributed by atoms with Crippen molar-refractivity contribution < 1.29 is 9.47 Å². The molecule has 0 radical (unpaired) electrons. The molecule has 0 aliphatic carbocycles. The largest absolute Gasteiger partial charge is 0.496 e. The number of aromatic amines is 1. The normalized spacial score (nSPS) is 19.5. The number of methoxy groups -OCH3 is 1. The molecular weight excluding hydrogens is 410 g/mol. The maximum Gasteiger partial charge on any atom is 0.217 e. The number of hydrogen-bond acceptors (Lipinski definition) is 6. The van der Waals surface area contributed by atoms with Crippen LogP contribution >= 0.6 is 23.8 Å². The predicted octanol–water partition coefficient (Wildman–Crippen LogP) is 3.27. The van der Waals surface area contributed by atoms with Crippen LogP contribution < -0.4 is 4.74 Å². The van der Waals surface area contributed by atoms with Crippen molar-refractivity contribution in [1.29, 1.82) is 0 Å². The Morgan fingerprint density at radius 1 is 1.21 bits per heavy atom. The van der Waals surface area contributed by atoms with Crippen LogP contribution in [0.5, 0.6) is 5.75 Å². The predicted molar refractivity (Wildman–Crippen MR) is 116 cm³/mol. The number of ether oxygens (including phenoxy) is 2. The SMILES string of the molecule is COc1ccc(Cl)cc1-c1nc(=S)n(CN2CCC(CN3CCOCC3)CC2)[nH]1. The van der Waals surface area contributed by atoms with Crippen LogP contribution in [0, 0.1) is 10.7 Å². The van der Waals surface area contributed by atoms with E-state index in [2.05, 4.69) is 19.9 Å². The molecule has 0 atom stereocenters. The van der Waals surface area contributed by atoms with Crippen molar-refractivity contribution in [1.82, 2.24) is 24.6 Å². The lowest BCUT2D eigenvalue weighted by atomic mass is 9.96. The zero-order valence-electron chi connectivity index (χ0n) is 16.8. The fourth-order valence-electron chi connectivity index (χ4n) is 4.10. The average Bonchev–Trinajstić information content (AvgIpc) is 3.10. The Morgan fingerprint density at radius 2 is 1.97 bits per heavy atom. The maximum atomic E-state index is 6.16. The van der Waals surface area contributed by atoms with Gasteiger partial charge in [-0.2, -0.15) is 4.98 Å². The number of piperidine rings is 1. The average molecular weight is 438 g/mol. The lowest BCUT2D eigenvalue weighted by Gasteiger charge is -2.35. The molecule has 1 N–H and O–H groups in total. The Labute approximate surface area is 181 Å². The van der Waals surface area contributed by atoms with E-state index in [1.54, 1.807) is 13.2 Å². The number of aromatic nitrogens is 3. The summed E-state index contributed by atoms with van der Waals surface area (Å²) in [7, 11) is 1.64. The molecule has 1 aromatic carbocycles. The Balaban J connectivity index is 1.36. The van der Waals surface area contributed by atoms with Crippen molar-refractivity contribution in [2.75, 3.05) is 53.0 Å². The van der Waals surface area contributed by atoms with Gasteiger partial charge in [0.1, 0.15) is 5.75 Å². The van der Waals surface area contributed by atoms with Gasteiger partial charge in [-0.1, -0.05) is 11.6 Å². The van der Waals surface area contributed by atoms with Crippen LogP contribution in [0.1, 0.15) is 12.8 Å². The highest BCUT2D eigenvalue weighted by Gasteiger charge is 2.23. The van der Waals surface area contributed by atoms with Crippen molar-refractivity contribution in [2.24, 2.45) is 5.92 Å². The molecule has 2 fully saturated rings. The monoisotopic (exact) mass is 437 g/mol. The third kappa shape index (κ3) is 5.19. The lowest BCUT2D eigenvalue weighted by Crippen LogP contribution is -2.43. The number of H-pyrrole nitrogens is 1. The third-order valence-corrected chi connectivity index (χ3v) is 6.31. The molecule has 9 heteroatoms. The molecular formula is C20H28ClN5O2S. The van der Waals surface area contributed by atoms with Crippen molar-refractivity contribution in [3.8, 4) is 17.1 Å². The molecule has 0 amide bonds. The number of rotatable bonds is 6. The summed E-state index contributed by atoms with van der Waals surface area (Å²) in [5.74, 6) is 2.16. The van der Waals surface area contributed by atoms with Crippen molar-refractivity contribution in [2.45, 2.75) is 19.5 Å². The minimum Gasteiger partial charge on any atom is -0.496 e. The number of nitrogens with one attached hydrogen (secondary N) is 1. The van der Waals surface area contributed by atoms with Gasteiger partial charge >= 0.3 is 0 Å². The van der Waals surface area contributed by atoms with Gasteiger partial charge in [-0.25, -0.2) is 4.68 Å². The van der Waals surface area contributed by atoms with Gasteiger partial charge in [-0.15, -0.1) is 0 Å². The molecule has 2 saturated heterocycles. The molecule has 3 heterocycles. The summed E-state index contributed by atoms with van der Waals surface area (Å²) in [6, 6.07) is 5.48. The van der Waals surface area contributed by atoms with Gasteiger partial charge in [-0.3, -0.25) is 14.9 Å². The van der Waals surface area contributed by atoms with Crippen LogP contribution in [0.2, 0.25) is 5.02 Å².